The zero-order chi connectivity index (χ0) is 31.2. The number of anilines is 1. The second kappa shape index (κ2) is 14.0. The zero-order valence-corrected chi connectivity index (χ0v) is 25.6. The molecule has 2 aromatic heterocycles. The molecule has 5 aromatic rings. The van der Waals surface area contributed by atoms with Gasteiger partial charge >= 0.3 is 0 Å². The van der Waals surface area contributed by atoms with Crippen LogP contribution >= 0.6 is 11.6 Å². The third-order valence-electron chi connectivity index (χ3n) is 7.66. The van der Waals surface area contributed by atoms with Gasteiger partial charge in [0.1, 0.15) is 17.8 Å². The number of nitrogens with one attached hydrogen (secondary N) is 1. The van der Waals surface area contributed by atoms with E-state index in [0.717, 1.165) is 31.7 Å². The third-order valence-corrected chi connectivity index (χ3v) is 7.91. The van der Waals surface area contributed by atoms with Gasteiger partial charge in [-0.1, -0.05) is 18.0 Å². The van der Waals surface area contributed by atoms with E-state index >= 15 is 4.39 Å². The summed E-state index contributed by atoms with van der Waals surface area (Å²) < 4.78 is 34.5. The highest BCUT2D eigenvalue weighted by Crippen LogP contribution is 2.38. The van der Waals surface area contributed by atoms with Gasteiger partial charge in [0, 0.05) is 52.9 Å². The van der Waals surface area contributed by atoms with Crippen LogP contribution in [0.1, 0.15) is 36.2 Å². The number of carbonyl (C=O) groups excluding carboxylic acids is 1. The molecule has 45 heavy (non-hydrogen) atoms. The number of likely N-dealkylation sites (tertiary alicyclic amines) is 1. The van der Waals surface area contributed by atoms with Gasteiger partial charge in [0.05, 0.1) is 19.2 Å². The molecule has 1 fully saturated rings. The van der Waals surface area contributed by atoms with E-state index in [2.05, 4.69) is 20.2 Å². The first-order valence-electron chi connectivity index (χ1n) is 14.9. The van der Waals surface area contributed by atoms with Gasteiger partial charge in [-0.2, -0.15) is 0 Å². The van der Waals surface area contributed by atoms with Crippen LogP contribution in [0, 0.1) is 5.82 Å². The summed E-state index contributed by atoms with van der Waals surface area (Å²) in [6.07, 6.45) is 9.46. The summed E-state index contributed by atoms with van der Waals surface area (Å²) >= 11 is 5.95. The van der Waals surface area contributed by atoms with E-state index in [-0.39, 0.29) is 17.1 Å². The van der Waals surface area contributed by atoms with Crippen molar-refractivity contribution >= 4 is 34.1 Å². The van der Waals surface area contributed by atoms with Crippen molar-refractivity contribution < 1.29 is 23.4 Å². The standard InChI is InChI=1S/C34H33ClFN5O4/c1-43-32-19-26-28(20-33(32)44-17-5-16-40-14-3-2-4-15-40)37-13-12-30(26)45-31-11-8-24(18-27(31)36)39-34(42)29-21-41(22-38-29)25-9-6-23(35)7-10-25/h6-13,18-22H,2-5,14-17H2,1H3,(H,39,42). The second-order valence-corrected chi connectivity index (χ2v) is 11.2. The maximum atomic E-state index is 15.2. The Balaban J connectivity index is 1.11. The lowest BCUT2D eigenvalue weighted by Crippen LogP contribution is -2.31. The van der Waals surface area contributed by atoms with E-state index in [1.807, 2.05) is 18.2 Å². The first-order chi connectivity index (χ1) is 22.0. The van der Waals surface area contributed by atoms with Crippen molar-refractivity contribution in [2.45, 2.75) is 25.7 Å². The number of amides is 1. The molecule has 1 aliphatic heterocycles. The number of fused-ring (bicyclic) bond motifs is 1. The van der Waals surface area contributed by atoms with E-state index in [4.69, 9.17) is 25.8 Å². The molecule has 3 heterocycles. The van der Waals surface area contributed by atoms with Crippen molar-refractivity contribution in [1.29, 1.82) is 0 Å². The number of hydrogen-bond donors (Lipinski definition) is 1. The SMILES string of the molecule is COc1cc2c(Oc3ccc(NC(=O)c4cn(-c5ccc(Cl)cc5)cn4)cc3F)ccnc2cc1OCCCN1CCCCC1. The maximum Gasteiger partial charge on any atom is 0.275 e. The number of imidazole rings is 1. The molecule has 1 aliphatic rings. The fourth-order valence-electron chi connectivity index (χ4n) is 5.31. The predicted molar refractivity (Wildman–Crippen MR) is 172 cm³/mol. The van der Waals surface area contributed by atoms with E-state index in [1.165, 1.54) is 37.7 Å². The highest BCUT2D eigenvalue weighted by atomic mass is 35.5. The molecule has 9 nitrogen and oxygen atoms in total. The van der Waals surface area contributed by atoms with Crippen molar-refractivity contribution in [2.24, 2.45) is 0 Å². The fraction of sp³-hybridized carbons (Fsp3) is 0.265. The molecule has 0 unspecified atom stereocenters. The molecule has 0 bridgehead atoms. The van der Waals surface area contributed by atoms with Crippen LogP contribution < -0.4 is 19.5 Å². The van der Waals surface area contributed by atoms with Crippen molar-refractivity contribution in [3.8, 4) is 28.7 Å². The summed E-state index contributed by atoms with van der Waals surface area (Å²) in [5.74, 6) is 0.397. The molecule has 1 saturated heterocycles. The van der Waals surface area contributed by atoms with Crippen LogP contribution in [-0.2, 0) is 0 Å². The van der Waals surface area contributed by atoms with Crippen molar-refractivity contribution in [3.63, 3.8) is 0 Å². The number of rotatable bonds is 11. The first kappa shape index (κ1) is 30.4. The molecular formula is C34H33ClFN5O4. The normalized spacial score (nSPS) is 13.5. The number of pyridine rings is 1. The van der Waals surface area contributed by atoms with Crippen molar-refractivity contribution in [3.05, 3.63) is 95.9 Å². The van der Waals surface area contributed by atoms with Crippen LogP contribution in [-0.4, -0.2) is 58.7 Å². The van der Waals surface area contributed by atoms with Crippen LogP contribution in [0.3, 0.4) is 0 Å². The van der Waals surface area contributed by atoms with E-state index < -0.39 is 11.7 Å². The van der Waals surface area contributed by atoms with Crippen molar-refractivity contribution in [2.75, 3.05) is 38.7 Å². The number of ether oxygens (including phenoxy) is 3. The quantitative estimate of drug-likeness (QED) is 0.151. The lowest BCUT2D eigenvalue weighted by Gasteiger charge is -2.26. The predicted octanol–water partition coefficient (Wildman–Crippen LogP) is 7.52. The Morgan fingerprint density at radius 2 is 1.78 bits per heavy atom. The minimum Gasteiger partial charge on any atom is -0.493 e. The fourth-order valence-corrected chi connectivity index (χ4v) is 5.44. The maximum absolute atomic E-state index is 15.2. The van der Waals surface area contributed by atoms with Crippen LogP contribution in [0.15, 0.2) is 79.4 Å². The molecule has 6 rings (SSSR count). The number of nitrogens with zero attached hydrogens (tertiary/aromatic N) is 4. The van der Waals surface area contributed by atoms with Gasteiger partial charge in [-0.15, -0.1) is 0 Å². The Morgan fingerprint density at radius 1 is 0.956 bits per heavy atom. The molecule has 0 spiro atoms. The van der Waals surface area contributed by atoms with Gasteiger partial charge in [0.25, 0.3) is 5.91 Å². The summed E-state index contributed by atoms with van der Waals surface area (Å²) in [6, 6.07) is 16.6. The van der Waals surface area contributed by atoms with Gasteiger partial charge in [0.2, 0.25) is 0 Å². The van der Waals surface area contributed by atoms with Gasteiger partial charge in [0.15, 0.2) is 23.1 Å². The molecule has 1 N–H and O–H groups in total. The number of halogens is 2. The molecule has 232 valence electrons. The summed E-state index contributed by atoms with van der Waals surface area (Å²) in [5, 5.41) is 3.93. The molecule has 0 saturated carbocycles. The van der Waals surface area contributed by atoms with Crippen LogP contribution in [0.25, 0.3) is 16.6 Å². The number of piperidine rings is 1. The summed E-state index contributed by atoms with van der Waals surface area (Å²) in [6.45, 7) is 3.88. The first-order valence-corrected chi connectivity index (χ1v) is 15.3. The largest absolute Gasteiger partial charge is 0.493 e. The molecule has 0 radical (unpaired) electrons. The average molecular weight is 630 g/mol. The molecule has 1 amide bonds. The minimum atomic E-state index is -0.648. The van der Waals surface area contributed by atoms with Crippen LogP contribution in [0.2, 0.25) is 5.02 Å². The molecule has 0 aliphatic carbocycles. The molecule has 11 heteroatoms. The molecule has 0 atom stereocenters. The van der Waals surface area contributed by atoms with Crippen molar-refractivity contribution in [1.82, 2.24) is 19.4 Å². The number of carbonyl (C=O) groups is 1. The second-order valence-electron chi connectivity index (χ2n) is 10.8. The Morgan fingerprint density at radius 3 is 2.56 bits per heavy atom. The Hall–Kier alpha value is -4.67. The molecular weight excluding hydrogens is 597 g/mol. The summed E-state index contributed by atoms with van der Waals surface area (Å²) in [4.78, 5) is 23.9. The number of aromatic nitrogens is 3. The van der Waals surface area contributed by atoms with E-state index in [9.17, 15) is 4.79 Å². The monoisotopic (exact) mass is 629 g/mol. The number of methoxy groups -OCH3 is 1. The Labute approximate surface area is 265 Å². The van der Waals surface area contributed by atoms with Gasteiger partial charge in [-0.05, 0) is 80.9 Å². The smallest absolute Gasteiger partial charge is 0.275 e. The molecule has 3 aromatic carbocycles. The van der Waals surface area contributed by atoms with Gasteiger partial charge in [-0.3, -0.25) is 9.78 Å². The Bertz CT molecular complexity index is 1790. The lowest BCUT2D eigenvalue weighted by molar-refractivity contribution is 0.102. The van der Waals surface area contributed by atoms with Crippen LogP contribution in [0.4, 0.5) is 10.1 Å². The van der Waals surface area contributed by atoms with Crippen LogP contribution in [0.5, 0.6) is 23.0 Å². The zero-order valence-electron chi connectivity index (χ0n) is 24.8. The summed E-state index contributed by atoms with van der Waals surface area (Å²) in [5.41, 5.74) is 1.86. The average Bonchev–Trinajstić information content (AvgIpc) is 3.56. The summed E-state index contributed by atoms with van der Waals surface area (Å²) in [7, 11) is 1.58. The van der Waals surface area contributed by atoms with Gasteiger partial charge < -0.3 is 29.0 Å². The lowest BCUT2D eigenvalue weighted by atomic mass is 10.1. The topological polar surface area (TPSA) is 90.7 Å². The van der Waals surface area contributed by atoms with E-state index in [1.54, 1.807) is 54.4 Å². The highest BCUT2D eigenvalue weighted by molar-refractivity contribution is 6.30. The Kier molecular flexibility index (Phi) is 9.42. The van der Waals surface area contributed by atoms with Gasteiger partial charge in [-0.25, -0.2) is 9.37 Å². The number of benzene rings is 3. The van der Waals surface area contributed by atoms with E-state index in [0.29, 0.717) is 39.8 Å². The minimum absolute atomic E-state index is 0.00970. The highest BCUT2D eigenvalue weighted by Gasteiger charge is 2.16. The number of hydrogen-bond acceptors (Lipinski definition) is 7. The third kappa shape index (κ3) is 7.35.